The molecule has 0 fully saturated rings. The monoisotopic (exact) mass is 219 g/mol. The van der Waals surface area contributed by atoms with Crippen LogP contribution in [0.25, 0.3) is 0 Å². The Morgan fingerprint density at radius 3 is 2.53 bits per heavy atom. The lowest BCUT2D eigenvalue weighted by Crippen LogP contribution is -2.38. The van der Waals surface area contributed by atoms with Crippen LogP contribution < -0.4 is 0 Å². The molecule has 1 N–H and O–H groups in total. The third-order valence-electron chi connectivity index (χ3n) is 1.83. The molecule has 0 radical (unpaired) electrons. The molecule has 0 bridgehead atoms. The van der Waals surface area contributed by atoms with Gasteiger partial charge in [-0.3, -0.25) is 4.79 Å². The largest absolute Gasteiger partial charge is 0.395 e. The van der Waals surface area contributed by atoms with Crippen LogP contribution in [0, 0.1) is 0 Å². The highest BCUT2D eigenvalue weighted by atomic mass is 16.5. The summed E-state index contributed by atoms with van der Waals surface area (Å²) in [6.45, 7) is 5.03. The van der Waals surface area contributed by atoms with Gasteiger partial charge in [-0.15, -0.1) is 0 Å². The number of hydrogen-bond acceptors (Lipinski definition) is 4. The van der Waals surface area contributed by atoms with Gasteiger partial charge in [0, 0.05) is 20.2 Å². The zero-order valence-electron chi connectivity index (χ0n) is 9.73. The van der Waals surface area contributed by atoms with Gasteiger partial charge in [-0.2, -0.15) is 0 Å². The first kappa shape index (κ1) is 14.3. The fourth-order valence-corrected chi connectivity index (χ4v) is 1.01. The average Bonchev–Trinajstić information content (AvgIpc) is 2.20. The minimum absolute atomic E-state index is 0.0346. The van der Waals surface area contributed by atoms with Gasteiger partial charge in [-0.05, 0) is 13.8 Å². The van der Waals surface area contributed by atoms with Gasteiger partial charge in [0.15, 0.2) is 0 Å². The van der Waals surface area contributed by atoms with Crippen LogP contribution in [0.3, 0.4) is 0 Å². The Hall–Kier alpha value is -0.650. The van der Waals surface area contributed by atoms with Crippen molar-refractivity contribution in [3.8, 4) is 0 Å². The molecular formula is C10H21NO4. The number of amides is 1. The van der Waals surface area contributed by atoms with Gasteiger partial charge in [0.25, 0.3) is 0 Å². The molecule has 15 heavy (non-hydrogen) atoms. The molecule has 1 amide bonds. The van der Waals surface area contributed by atoms with Crippen molar-refractivity contribution in [2.45, 2.75) is 20.0 Å². The van der Waals surface area contributed by atoms with Crippen molar-refractivity contribution in [2.75, 3.05) is 40.0 Å². The first-order chi connectivity index (χ1) is 7.11. The highest BCUT2D eigenvalue weighted by Gasteiger charge is 2.13. The molecule has 0 atom stereocenters. The highest BCUT2D eigenvalue weighted by molar-refractivity contribution is 5.77. The fraction of sp³-hybridized carbons (Fsp3) is 0.900. The van der Waals surface area contributed by atoms with Gasteiger partial charge >= 0.3 is 0 Å². The van der Waals surface area contributed by atoms with E-state index in [2.05, 4.69) is 0 Å². The summed E-state index contributed by atoms with van der Waals surface area (Å²) >= 11 is 0. The number of nitrogens with zero attached hydrogens (tertiary/aromatic N) is 1. The van der Waals surface area contributed by atoms with E-state index < -0.39 is 0 Å². The lowest BCUT2D eigenvalue weighted by molar-refractivity contribution is -0.138. The van der Waals surface area contributed by atoms with Gasteiger partial charge < -0.3 is 19.5 Å². The van der Waals surface area contributed by atoms with E-state index in [1.807, 2.05) is 13.8 Å². The number of carbonyl (C=O) groups excluding carboxylic acids is 1. The smallest absolute Gasteiger partial charge is 0.248 e. The molecule has 0 aliphatic rings. The molecule has 0 aliphatic heterocycles. The normalized spacial score (nSPS) is 10.7. The summed E-state index contributed by atoms with van der Waals surface area (Å²) in [6, 6.07) is 0. The Labute approximate surface area is 91.0 Å². The number of hydrogen-bond donors (Lipinski definition) is 1. The Morgan fingerprint density at radius 2 is 2.07 bits per heavy atom. The van der Waals surface area contributed by atoms with Crippen LogP contribution >= 0.6 is 0 Å². The van der Waals surface area contributed by atoms with Crippen molar-refractivity contribution >= 4 is 5.91 Å². The Morgan fingerprint density at radius 1 is 1.40 bits per heavy atom. The predicted octanol–water partition coefficient (Wildman–Crippen LogP) is -0.121. The summed E-state index contributed by atoms with van der Waals surface area (Å²) in [5.74, 6) is -0.116. The summed E-state index contributed by atoms with van der Waals surface area (Å²) in [4.78, 5) is 13.1. The van der Waals surface area contributed by atoms with Crippen LogP contribution in [0.15, 0.2) is 0 Å². The molecule has 0 saturated carbocycles. The molecule has 0 spiro atoms. The van der Waals surface area contributed by atoms with Gasteiger partial charge in [0.2, 0.25) is 5.91 Å². The molecule has 0 saturated heterocycles. The summed E-state index contributed by atoms with van der Waals surface area (Å²) < 4.78 is 10.1. The quantitative estimate of drug-likeness (QED) is 0.618. The van der Waals surface area contributed by atoms with Crippen molar-refractivity contribution in [3.05, 3.63) is 0 Å². The molecule has 0 aromatic carbocycles. The van der Waals surface area contributed by atoms with E-state index in [4.69, 9.17) is 14.6 Å². The van der Waals surface area contributed by atoms with E-state index >= 15 is 0 Å². The summed E-state index contributed by atoms with van der Waals surface area (Å²) in [6.07, 6.45) is 0.0346. The fourth-order valence-electron chi connectivity index (χ4n) is 1.01. The minimum Gasteiger partial charge on any atom is -0.395 e. The van der Waals surface area contributed by atoms with E-state index in [9.17, 15) is 4.79 Å². The van der Waals surface area contributed by atoms with Crippen LogP contribution in [-0.2, 0) is 14.3 Å². The number of aliphatic hydroxyl groups excluding tert-OH is 1. The molecule has 0 aromatic heterocycles. The topological polar surface area (TPSA) is 59.0 Å². The third kappa shape index (κ3) is 7.30. The zero-order chi connectivity index (χ0) is 11.7. The second kappa shape index (κ2) is 8.64. The van der Waals surface area contributed by atoms with E-state index in [1.165, 1.54) is 4.90 Å². The Kier molecular flexibility index (Phi) is 8.27. The van der Waals surface area contributed by atoms with Crippen molar-refractivity contribution in [1.29, 1.82) is 0 Å². The molecular weight excluding hydrogens is 198 g/mol. The SMILES string of the molecule is COCCN(CCO)C(=O)COC(C)C. The first-order valence-electron chi connectivity index (χ1n) is 5.11. The Bertz CT molecular complexity index is 173. The van der Waals surface area contributed by atoms with Crippen molar-refractivity contribution in [2.24, 2.45) is 0 Å². The third-order valence-corrected chi connectivity index (χ3v) is 1.83. The number of ether oxygens (including phenoxy) is 2. The summed E-state index contributed by atoms with van der Waals surface area (Å²) in [5, 5.41) is 8.79. The number of aliphatic hydroxyl groups is 1. The van der Waals surface area contributed by atoms with Crippen molar-refractivity contribution in [1.82, 2.24) is 4.90 Å². The standard InChI is InChI=1S/C10H21NO4/c1-9(2)15-8-10(13)11(4-6-12)5-7-14-3/h9,12H,4-8H2,1-3H3. The molecule has 0 unspecified atom stereocenters. The second-order valence-corrected chi connectivity index (χ2v) is 3.46. The lowest BCUT2D eigenvalue weighted by atomic mass is 10.4. The maximum Gasteiger partial charge on any atom is 0.248 e. The molecule has 0 rings (SSSR count). The maximum absolute atomic E-state index is 11.6. The summed E-state index contributed by atoms with van der Waals surface area (Å²) in [5.41, 5.74) is 0. The average molecular weight is 219 g/mol. The Balaban J connectivity index is 3.92. The zero-order valence-corrected chi connectivity index (χ0v) is 9.73. The summed E-state index contributed by atoms with van der Waals surface area (Å²) in [7, 11) is 1.58. The minimum atomic E-state index is -0.116. The van der Waals surface area contributed by atoms with E-state index in [1.54, 1.807) is 7.11 Å². The number of methoxy groups -OCH3 is 1. The van der Waals surface area contributed by atoms with Gasteiger partial charge in [0.1, 0.15) is 6.61 Å². The van der Waals surface area contributed by atoms with Gasteiger partial charge in [-0.25, -0.2) is 0 Å². The number of rotatable bonds is 8. The highest BCUT2D eigenvalue weighted by Crippen LogP contribution is 1.94. The van der Waals surface area contributed by atoms with E-state index in [0.717, 1.165) is 0 Å². The number of carbonyl (C=O) groups is 1. The predicted molar refractivity (Wildman–Crippen MR) is 56.6 cm³/mol. The van der Waals surface area contributed by atoms with E-state index in [-0.39, 0.29) is 25.2 Å². The van der Waals surface area contributed by atoms with Crippen LogP contribution in [0.1, 0.15) is 13.8 Å². The second-order valence-electron chi connectivity index (χ2n) is 3.46. The molecule has 5 heteroatoms. The van der Waals surface area contributed by atoms with Crippen LogP contribution in [-0.4, -0.2) is 62.0 Å². The molecule has 0 aliphatic carbocycles. The molecule has 90 valence electrons. The van der Waals surface area contributed by atoms with Gasteiger partial charge in [-0.1, -0.05) is 0 Å². The van der Waals surface area contributed by atoms with Crippen molar-refractivity contribution in [3.63, 3.8) is 0 Å². The maximum atomic E-state index is 11.6. The van der Waals surface area contributed by atoms with Crippen LogP contribution in [0.5, 0.6) is 0 Å². The van der Waals surface area contributed by atoms with E-state index in [0.29, 0.717) is 19.7 Å². The van der Waals surface area contributed by atoms with Gasteiger partial charge in [0.05, 0.1) is 19.3 Å². The van der Waals surface area contributed by atoms with Crippen molar-refractivity contribution < 1.29 is 19.4 Å². The molecule has 0 aromatic rings. The first-order valence-corrected chi connectivity index (χ1v) is 5.11. The van der Waals surface area contributed by atoms with Crippen LogP contribution in [0.4, 0.5) is 0 Å². The molecule has 5 nitrogen and oxygen atoms in total. The lowest BCUT2D eigenvalue weighted by Gasteiger charge is -2.21. The van der Waals surface area contributed by atoms with Crippen LogP contribution in [0.2, 0.25) is 0 Å². The molecule has 0 heterocycles.